The molecule has 184 valence electrons. The molecule has 0 saturated heterocycles. The number of hydrogen-bond donors (Lipinski definition) is 1. The molecule has 0 amide bonds. The second kappa shape index (κ2) is 11.1. The standard InChI is InChI=1S/C31H30ClNO3/c1-21(34)36-31(2,3)28-10-5-4-8-23(28)14-18-30(35)25-9-6-7-22(19-25)11-16-27-17-13-24-12-15-26(32)20-29(24)33-27/h4-13,15-17,19-20,30,35H,14,18H2,1-3H3/b16-11+/t30-/m0/s1. The monoisotopic (exact) mass is 499 g/mol. The first-order valence-electron chi connectivity index (χ1n) is 12.0. The molecule has 0 unspecified atom stereocenters. The number of benzene rings is 3. The number of aliphatic hydroxyl groups is 1. The van der Waals surface area contributed by atoms with Gasteiger partial charge >= 0.3 is 5.97 Å². The molecule has 0 aliphatic heterocycles. The maximum atomic E-state index is 11.6. The summed E-state index contributed by atoms with van der Waals surface area (Å²) < 4.78 is 5.54. The number of nitrogens with zero attached hydrogens (tertiary/aromatic N) is 1. The predicted molar refractivity (Wildman–Crippen MR) is 147 cm³/mol. The summed E-state index contributed by atoms with van der Waals surface area (Å²) in [5.41, 5.74) is 4.80. The van der Waals surface area contributed by atoms with Crippen LogP contribution in [0.5, 0.6) is 0 Å². The van der Waals surface area contributed by atoms with Crippen molar-refractivity contribution < 1.29 is 14.6 Å². The van der Waals surface area contributed by atoms with Gasteiger partial charge in [-0.3, -0.25) is 4.79 Å². The van der Waals surface area contributed by atoms with Crippen molar-refractivity contribution in [2.24, 2.45) is 0 Å². The van der Waals surface area contributed by atoms with Crippen LogP contribution in [0.15, 0.2) is 78.9 Å². The fraction of sp³-hybridized carbons (Fsp3) is 0.226. The number of carbonyl (C=O) groups is 1. The van der Waals surface area contributed by atoms with Crippen LogP contribution in [0.4, 0.5) is 0 Å². The van der Waals surface area contributed by atoms with Crippen molar-refractivity contribution in [3.63, 3.8) is 0 Å². The van der Waals surface area contributed by atoms with Gasteiger partial charge in [0.25, 0.3) is 0 Å². The molecular formula is C31H30ClNO3. The molecule has 0 aliphatic rings. The summed E-state index contributed by atoms with van der Waals surface area (Å²) in [6.07, 6.45) is 4.54. The Balaban J connectivity index is 1.46. The van der Waals surface area contributed by atoms with Crippen molar-refractivity contribution in [3.8, 4) is 0 Å². The van der Waals surface area contributed by atoms with Gasteiger partial charge in [0.15, 0.2) is 0 Å². The van der Waals surface area contributed by atoms with Gasteiger partial charge in [0, 0.05) is 17.3 Å². The van der Waals surface area contributed by atoms with E-state index in [1.165, 1.54) is 6.92 Å². The fourth-order valence-electron chi connectivity index (χ4n) is 4.45. The van der Waals surface area contributed by atoms with E-state index < -0.39 is 11.7 Å². The lowest BCUT2D eigenvalue weighted by Gasteiger charge is -2.27. The van der Waals surface area contributed by atoms with Crippen LogP contribution in [-0.4, -0.2) is 16.1 Å². The highest BCUT2D eigenvalue weighted by molar-refractivity contribution is 6.31. The highest BCUT2D eigenvalue weighted by Crippen LogP contribution is 2.30. The molecule has 0 aliphatic carbocycles. The number of fused-ring (bicyclic) bond motifs is 1. The molecule has 0 fully saturated rings. The van der Waals surface area contributed by atoms with E-state index in [4.69, 9.17) is 16.3 Å². The topological polar surface area (TPSA) is 59.4 Å². The van der Waals surface area contributed by atoms with Gasteiger partial charge < -0.3 is 9.84 Å². The molecule has 1 heterocycles. The summed E-state index contributed by atoms with van der Waals surface area (Å²) >= 11 is 6.11. The number of hydrogen-bond acceptors (Lipinski definition) is 4. The van der Waals surface area contributed by atoms with Crippen LogP contribution in [0.3, 0.4) is 0 Å². The minimum absolute atomic E-state index is 0.317. The number of pyridine rings is 1. The molecule has 1 N–H and O–H groups in total. The van der Waals surface area contributed by atoms with Crippen LogP contribution < -0.4 is 0 Å². The van der Waals surface area contributed by atoms with E-state index in [0.717, 1.165) is 38.9 Å². The molecule has 0 bridgehead atoms. The summed E-state index contributed by atoms with van der Waals surface area (Å²) in [5, 5.41) is 12.6. The number of carbonyl (C=O) groups excluding carboxylic acids is 1. The molecule has 3 aromatic carbocycles. The van der Waals surface area contributed by atoms with Crippen molar-refractivity contribution in [1.82, 2.24) is 4.98 Å². The predicted octanol–water partition coefficient (Wildman–Crippen LogP) is 7.52. The van der Waals surface area contributed by atoms with E-state index in [1.54, 1.807) is 0 Å². The van der Waals surface area contributed by atoms with Gasteiger partial charge in [-0.2, -0.15) is 0 Å². The van der Waals surface area contributed by atoms with E-state index in [1.807, 2.05) is 105 Å². The lowest BCUT2D eigenvalue weighted by atomic mass is 9.89. The van der Waals surface area contributed by atoms with Gasteiger partial charge in [-0.05, 0) is 79.3 Å². The summed E-state index contributed by atoms with van der Waals surface area (Å²) in [6.45, 7) is 5.19. The van der Waals surface area contributed by atoms with Gasteiger partial charge in [0.1, 0.15) is 5.60 Å². The Kier molecular flexibility index (Phi) is 7.88. The molecule has 1 atom stereocenters. The highest BCUT2D eigenvalue weighted by Gasteiger charge is 2.26. The third-order valence-corrected chi connectivity index (χ3v) is 6.40. The molecule has 0 saturated carbocycles. The third-order valence-electron chi connectivity index (χ3n) is 6.17. The van der Waals surface area contributed by atoms with Crippen LogP contribution in [0.1, 0.15) is 61.2 Å². The summed E-state index contributed by atoms with van der Waals surface area (Å²) in [5.74, 6) is -0.317. The van der Waals surface area contributed by atoms with E-state index in [2.05, 4.69) is 4.98 Å². The minimum atomic E-state index is -0.736. The van der Waals surface area contributed by atoms with Gasteiger partial charge in [-0.15, -0.1) is 0 Å². The Morgan fingerprint density at radius 3 is 2.61 bits per heavy atom. The van der Waals surface area contributed by atoms with Crippen molar-refractivity contribution >= 4 is 40.6 Å². The Morgan fingerprint density at radius 2 is 1.81 bits per heavy atom. The van der Waals surface area contributed by atoms with Crippen molar-refractivity contribution in [1.29, 1.82) is 0 Å². The number of aliphatic hydroxyl groups excluding tert-OH is 1. The Hall–Kier alpha value is -3.47. The lowest BCUT2D eigenvalue weighted by molar-refractivity contribution is -0.154. The van der Waals surface area contributed by atoms with Crippen LogP contribution in [0.25, 0.3) is 23.1 Å². The van der Waals surface area contributed by atoms with Crippen molar-refractivity contribution in [2.75, 3.05) is 0 Å². The zero-order valence-corrected chi connectivity index (χ0v) is 21.5. The quantitative estimate of drug-likeness (QED) is 0.255. The Labute approximate surface area is 217 Å². The molecule has 36 heavy (non-hydrogen) atoms. The number of aromatic nitrogens is 1. The Morgan fingerprint density at radius 1 is 1.03 bits per heavy atom. The van der Waals surface area contributed by atoms with Gasteiger partial charge in [0.2, 0.25) is 0 Å². The molecule has 0 radical (unpaired) electrons. The zero-order valence-electron chi connectivity index (χ0n) is 20.7. The maximum Gasteiger partial charge on any atom is 0.303 e. The normalized spacial score (nSPS) is 12.7. The maximum absolute atomic E-state index is 11.6. The first-order chi connectivity index (χ1) is 17.2. The molecule has 4 aromatic rings. The zero-order chi connectivity index (χ0) is 25.7. The van der Waals surface area contributed by atoms with Gasteiger partial charge in [-0.1, -0.05) is 72.3 Å². The average molecular weight is 500 g/mol. The van der Waals surface area contributed by atoms with Crippen molar-refractivity contribution in [2.45, 2.75) is 45.3 Å². The second-order valence-corrected chi connectivity index (χ2v) is 9.83. The Bertz CT molecular complexity index is 1410. The first kappa shape index (κ1) is 25.6. The number of ether oxygens (including phenoxy) is 1. The largest absolute Gasteiger partial charge is 0.455 e. The minimum Gasteiger partial charge on any atom is -0.455 e. The average Bonchev–Trinajstić information content (AvgIpc) is 2.85. The molecule has 4 rings (SSSR count). The van der Waals surface area contributed by atoms with Gasteiger partial charge in [0.05, 0.1) is 17.3 Å². The molecule has 1 aromatic heterocycles. The number of esters is 1. The van der Waals surface area contributed by atoms with Gasteiger partial charge in [-0.25, -0.2) is 4.98 Å². The second-order valence-electron chi connectivity index (χ2n) is 9.39. The summed E-state index contributed by atoms with van der Waals surface area (Å²) in [7, 11) is 0. The lowest BCUT2D eigenvalue weighted by Crippen LogP contribution is -2.25. The SMILES string of the molecule is CC(=O)OC(C)(C)c1ccccc1CC[C@H](O)c1cccc(/C=C/c2ccc3ccc(Cl)cc3n2)c1. The number of halogens is 1. The van der Waals surface area contributed by atoms with E-state index in [9.17, 15) is 9.90 Å². The summed E-state index contributed by atoms with van der Waals surface area (Å²) in [4.78, 5) is 16.2. The molecule has 5 heteroatoms. The molecular weight excluding hydrogens is 470 g/mol. The van der Waals surface area contributed by atoms with Crippen LogP contribution in [0, 0.1) is 0 Å². The molecule has 0 spiro atoms. The summed E-state index contributed by atoms with van der Waals surface area (Å²) in [6, 6.07) is 25.5. The van der Waals surface area contributed by atoms with Crippen LogP contribution >= 0.6 is 11.6 Å². The molecule has 4 nitrogen and oxygen atoms in total. The van der Waals surface area contributed by atoms with Crippen LogP contribution in [-0.2, 0) is 21.6 Å². The van der Waals surface area contributed by atoms with E-state index in [0.29, 0.717) is 17.9 Å². The van der Waals surface area contributed by atoms with E-state index >= 15 is 0 Å². The van der Waals surface area contributed by atoms with Crippen LogP contribution in [0.2, 0.25) is 5.02 Å². The number of aryl methyl sites for hydroxylation is 1. The first-order valence-corrected chi connectivity index (χ1v) is 12.4. The van der Waals surface area contributed by atoms with Crippen molar-refractivity contribution in [3.05, 3.63) is 112 Å². The van der Waals surface area contributed by atoms with E-state index in [-0.39, 0.29) is 5.97 Å². The smallest absolute Gasteiger partial charge is 0.303 e. The fourth-order valence-corrected chi connectivity index (χ4v) is 4.62. The highest BCUT2D eigenvalue weighted by atomic mass is 35.5. The third kappa shape index (κ3) is 6.39. The number of rotatable bonds is 8.